The number of piperidine rings is 2. The molecular formula is C18H28N2O4S. The summed E-state index contributed by atoms with van der Waals surface area (Å²) in [4.78, 5) is 2.43. The number of benzene rings is 1. The molecule has 0 radical (unpaired) electrons. The van der Waals surface area contributed by atoms with Gasteiger partial charge in [0.2, 0.25) is 10.0 Å². The summed E-state index contributed by atoms with van der Waals surface area (Å²) < 4.78 is 33.4. The Labute approximate surface area is 150 Å². The van der Waals surface area contributed by atoms with Crippen molar-refractivity contribution in [3.05, 3.63) is 23.8 Å². The number of likely N-dealkylation sites (tertiary alicyclic amines) is 1. The van der Waals surface area contributed by atoms with Crippen molar-refractivity contribution in [2.45, 2.75) is 37.1 Å². The Hall–Kier alpha value is -1.15. The summed E-state index contributed by atoms with van der Waals surface area (Å²) in [6.45, 7) is 3.78. The van der Waals surface area contributed by atoms with Crippen molar-refractivity contribution >= 4 is 10.0 Å². The van der Waals surface area contributed by atoms with Crippen LogP contribution in [0.2, 0.25) is 0 Å². The number of hydrogen-bond acceptors (Lipinski definition) is 5. The van der Waals surface area contributed by atoms with Gasteiger partial charge in [0.25, 0.3) is 0 Å². The zero-order valence-corrected chi connectivity index (χ0v) is 16.1. The highest BCUT2D eigenvalue weighted by Gasteiger charge is 2.48. The molecule has 2 fully saturated rings. The highest BCUT2D eigenvalue weighted by Crippen LogP contribution is 2.43. The van der Waals surface area contributed by atoms with E-state index in [0.29, 0.717) is 25.3 Å². The number of aliphatic hydroxyl groups is 1. The Morgan fingerprint density at radius 3 is 2.76 bits per heavy atom. The van der Waals surface area contributed by atoms with E-state index < -0.39 is 10.0 Å². The lowest BCUT2D eigenvalue weighted by Gasteiger charge is -2.53. The van der Waals surface area contributed by atoms with Gasteiger partial charge in [0.1, 0.15) is 10.6 Å². The largest absolute Gasteiger partial charge is 0.495 e. The lowest BCUT2D eigenvalue weighted by atomic mass is 9.69. The Bertz CT molecular complexity index is 737. The Balaban J connectivity index is 1.94. The Kier molecular flexibility index (Phi) is 5.12. The topological polar surface area (TPSA) is 70.1 Å². The minimum Gasteiger partial charge on any atom is -0.495 e. The zero-order chi connectivity index (χ0) is 18.2. The molecule has 2 aliphatic rings. The number of aliphatic hydroxyl groups excluding tert-OH is 1. The molecule has 3 rings (SSSR count). The molecule has 1 aromatic carbocycles. The number of ether oxygens (including phenoxy) is 1. The van der Waals surface area contributed by atoms with Crippen LogP contribution >= 0.6 is 0 Å². The first kappa shape index (κ1) is 18.6. The third kappa shape index (κ3) is 3.18. The van der Waals surface area contributed by atoms with Crippen molar-refractivity contribution in [3.63, 3.8) is 0 Å². The van der Waals surface area contributed by atoms with E-state index >= 15 is 0 Å². The lowest BCUT2D eigenvalue weighted by Crippen LogP contribution is -2.62. The summed E-state index contributed by atoms with van der Waals surface area (Å²) >= 11 is 0. The summed E-state index contributed by atoms with van der Waals surface area (Å²) in [6.07, 6.45) is 2.69. The van der Waals surface area contributed by atoms with E-state index in [0.717, 1.165) is 24.9 Å². The maximum Gasteiger partial charge on any atom is 0.246 e. The molecule has 2 atom stereocenters. The average Bonchev–Trinajstić information content (AvgIpc) is 2.61. The summed E-state index contributed by atoms with van der Waals surface area (Å²) in [5, 5.41) is 10.0. The third-order valence-corrected chi connectivity index (χ3v) is 7.80. The number of fused-ring (bicyclic) bond motifs is 1. The van der Waals surface area contributed by atoms with Gasteiger partial charge in [-0.25, -0.2) is 8.42 Å². The fourth-order valence-corrected chi connectivity index (χ4v) is 6.02. The molecule has 1 N–H and O–H groups in total. The normalized spacial score (nSPS) is 28.6. The van der Waals surface area contributed by atoms with E-state index in [-0.39, 0.29) is 23.0 Å². The maximum absolute atomic E-state index is 13.3. The summed E-state index contributed by atoms with van der Waals surface area (Å²) in [5.74, 6) is 0.376. The van der Waals surface area contributed by atoms with Crippen LogP contribution in [0.1, 0.15) is 24.8 Å². The van der Waals surface area contributed by atoms with Crippen LogP contribution < -0.4 is 4.74 Å². The second kappa shape index (κ2) is 6.87. The van der Waals surface area contributed by atoms with Crippen LogP contribution in [0.3, 0.4) is 0 Å². The van der Waals surface area contributed by atoms with Crippen molar-refractivity contribution < 1.29 is 18.3 Å². The predicted molar refractivity (Wildman–Crippen MR) is 96.3 cm³/mol. The third-order valence-electron chi connectivity index (χ3n) is 5.91. The molecule has 0 saturated carbocycles. The standard InChI is InChI=1S/C18H28N2O4S/c1-14-5-6-15(24-3)16(11-14)25(22,23)20-10-8-18(13-21)7-4-9-19(2)17(18)12-20/h5-6,11,17,21H,4,7-10,12-13H2,1-3H3/t17-,18-/m1/s1. The molecular weight excluding hydrogens is 340 g/mol. The quantitative estimate of drug-likeness (QED) is 0.872. The summed E-state index contributed by atoms with van der Waals surface area (Å²) in [7, 11) is -0.119. The molecule has 2 heterocycles. The minimum atomic E-state index is -3.64. The number of rotatable bonds is 4. The van der Waals surface area contributed by atoms with Gasteiger partial charge in [-0.3, -0.25) is 0 Å². The van der Waals surface area contributed by atoms with Crippen LogP contribution in [0.15, 0.2) is 23.1 Å². The van der Waals surface area contributed by atoms with Gasteiger partial charge in [-0.2, -0.15) is 4.31 Å². The molecule has 2 aliphatic heterocycles. The number of methoxy groups -OCH3 is 1. The van der Waals surface area contributed by atoms with Crippen molar-refractivity contribution in [2.24, 2.45) is 5.41 Å². The molecule has 7 heteroatoms. The number of aryl methyl sites for hydroxylation is 1. The van der Waals surface area contributed by atoms with Gasteiger partial charge < -0.3 is 14.7 Å². The smallest absolute Gasteiger partial charge is 0.246 e. The van der Waals surface area contributed by atoms with Crippen molar-refractivity contribution in [1.82, 2.24) is 9.21 Å². The molecule has 0 amide bonds. The number of hydrogen-bond donors (Lipinski definition) is 1. The van der Waals surface area contributed by atoms with Crippen LogP contribution in [-0.4, -0.2) is 69.2 Å². The number of likely N-dealkylation sites (N-methyl/N-ethyl adjacent to an activating group) is 1. The molecule has 25 heavy (non-hydrogen) atoms. The zero-order valence-electron chi connectivity index (χ0n) is 15.2. The van der Waals surface area contributed by atoms with Crippen molar-refractivity contribution in [1.29, 1.82) is 0 Å². The van der Waals surface area contributed by atoms with E-state index in [1.165, 1.54) is 7.11 Å². The van der Waals surface area contributed by atoms with Crippen LogP contribution in [-0.2, 0) is 10.0 Å². The lowest BCUT2D eigenvalue weighted by molar-refractivity contribution is -0.0508. The predicted octanol–water partition coefficient (Wildman–Crippen LogP) is 1.47. The summed E-state index contributed by atoms with van der Waals surface area (Å²) in [6, 6.07) is 5.27. The molecule has 0 aromatic heterocycles. The second-order valence-corrected chi connectivity index (χ2v) is 9.29. The van der Waals surface area contributed by atoms with Gasteiger partial charge in [-0.15, -0.1) is 0 Å². The molecule has 140 valence electrons. The van der Waals surface area contributed by atoms with Crippen LogP contribution in [0, 0.1) is 12.3 Å². The van der Waals surface area contributed by atoms with Gasteiger partial charge in [-0.1, -0.05) is 6.07 Å². The van der Waals surface area contributed by atoms with Crippen LogP contribution in [0.5, 0.6) is 5.75 Å². The molecule has 2 saturated heterocycles. The van der Waals surface area contributed by atoms with Gasteiger partial charge in [0.15, 0.2) is 0 Å². The van der Waals surface area contributed by atoms with Crippen molar-refractivity contribution in [2.75, 3.05) is 40.4 Å². The highest BCUT2D eigenvalue weighted by molar-refractivity contribution is 7.89. The van der Waals surface area contributed by atoms with Crippen molar-refractivity contribution in [3.8, 4) is 5.75 Å². The van der Waals surface area contributed by atoms with Crippen LogP contribution in [0.25, 0.3) is 0 Å². The minimum absolute atomic E-state index is 0.0468. The molecule has 0 aliphatic carbocycles. The first-order chi connectivity index (χ1) is 11.8. The first-order valence-electron chi connectivity index (χ1n) is 8.80. The highest BCUT2D eigenvalue weighted by atomic mass is 32.2. The maximum atomic E-state index is 13.3. The molecule has 0 unspecified atom stereocenters. The molecule has 0 bridgehead atoms. The van der Waals surface area contributed by atoms with E-state index in [2.05, 4.69) is 4.90 Å². The van der Waals surface area contributed by atoms with E-state index in [1.807, 2.05) is 20.0 Å². The molecule has 1 aromatic rings. The van der Waals surface area contributed by atoms with Gasteiger partial charge in [-0.05, 0) is 57.5 Å². The Morgan fingerprint density at radius 2 is 2.08 bits per heavy atom. The van der Waals surface area contributed by atoms with E-state index in [9.17, 15) is 13.5 Å². The van der Waals surface area contributed by atoms with Gasteiger partial charge >= 0.3 is 0 Å². The number of nitrogens with zero attached hydrogens (tertiary/aromatic N) is 2. The average molecular weight is 368 g/mol. The second-order valence-electron chi connectivity index (χ2n) is 7.39. The van der Waals surface area contributed by atoms with E-state index in [1.54, 1.807) is 16.4 Å². The summed E-state index contributed by atoms with van der Waals surface area (Å²) in [5.41, 5.74) is 0.700. The SMILES string of the molecule is COc1ccc(C)cc1S(=O)(=O)N1CC[C@@]2(CO)CCCN(C)[C@@H]2C1. The fourth-order valence-electron chi connectivity index (χ4n) is 4.33. The first-order valence-corrected chi connectivity index (χ1v) is 10.2. The van der Waals surface area contributed by atoms with Crippen LogP contribution in [0.4, 0.5) is 0 Å². The van der Waals surface area contributed by atoms with Gasteiger partial charge in [0, 0.05) is 24.5 Å². The van der Waals surface area contributed by atoms with E-state index in [4.69, 9.17) is 4.74 Å². The monoisotopic (exact) mass is 368 g/mol. The Morgan fingerprint density at radius 1 is 1.32 bits per heavy atom. The van der Waals surface area contributed by atoms with Gasteiger partial charge in [0.05, 0.1) is 13.7 Å². The number of sulfonamides is 1. The molecule has 6 nitrogen and oxygen atoms in total. The fraction of sp³-hybridized carbons (Fsp3) is 0.667. The molecule has 0 spiro atoms.